The number of ether oxygens (including phenoxy) is 1. The second-order valence-corrected chi connectivity index (χ2v) is 7.19. The molecule has 0 aromatic heterocycles. The molecule has 21 heavy (non-hydrogen) atoms. The maximum Gasteiger partial charge on any atom is 0.131 e. The maximum atomic E-state index is 6.05. The lowest BCUT2D eigenvalue weighted by atomic mass is 10.1. The predicted octanol–water partition coefficient (Wildman–Crippen LogP) is 5.44. The van der Waals surface area contributed by atoms with Gasteiger partial charge in [0.05, 0.1) is 0 Å². The first kappa shape index (κ1) is 16.1. The summed E-state index contributed by atoms with van der Waals surface area (Å²) in [5, 5.41) is 3.50. The van der Waals surface area contributed by atoms with E-state index in [1.807, 2.05) is 30.3 Å². The Hall–Kier alpha value is -1.32. The summed E-state index contributed by atoms with van der Waals surface area (Å²) in [4.78, 5) is 0. The molecular formula is C18H22BrNO. The molecule has 2 aromatic carbocycles. The van der Waals surface area contributed by atoms with Crippen molar-refractivity contribution in [1.29, 1.82) is 0 Å². The highest BCUT2D eigenvalue weighted by atomic mass is 79.9. The molecule has 0 atom stereocenters. The minimum atomic E-state index is 0.0723. The molecule has 0 saturated heterocycles. The van der Waals surface area contributed by atoms with Gasteiger partial charge in [0.2, 0.25) is 0 Å². The van der Waals surface area contributed by atoms with E-state index in [1.54, 1.807) is 0 Å². The molecule has 0 spiro atoms. The number of aryl methyl sites for hydroxylation is 1. The number of nitrogens with one attached hydrogen (secondary N) is 1. The molecule has 0 saturated carbocycles. The highest BCUT2D eigenvalue weighted by Crippen LogP contribution is 2.28. The summed E-state index contributed by atoms with van der Waals surface area (Å²) in [5.41, 5.74) is 2.41. The SMILES string of the molecule is Cc1cccc(Oc2ccc(Br)cc2CNC(C)(C)C)c1. The highest BCUT2D eigenvalue weighted by molar-refractivity contribution is 9.10. The zero-order chi connectivity index (χ0) is 15.5. The van der Waals surface area contributed by atoms with Gasteiger partial charge in [-0.2, -0.15) is 0 Å². The van der Waals surface area contributed by atoms with E-state index < -0.39 is 0 Å². The predicted molar refractivity (Wildman–Crippen MR) is 92.0 cm³/mol. The van der Waals surface area contributed by atoms with Gasteiger partial charge in [-0.3, -0.25) is 0 Å². The first-order valence-electron chi connectivity index (χ1n) is 7.11. The van der Waals surface area contributed by atoms with Crippen LogP contribution in [-0.4, -0.2) is 5.54 Å². The van der Waals surface area contributed by atoms with Gasteiger partial charge in [0.25, 0.3) is 0 Å². The van der Waals surface area contributed by atoms with E-state index in [9.17, 15) is 0 Å². The van der Waals surface area contributed by atoms with E-state index in [4.69, 9.17) is 4.74 Å². The lowest BCUT2D eigenvalue weighted by Gasteiger charge is -2.22. The average Bonchev–Trinajstić information content (AvgIpc) is 2.38. The van der Waals surface area contributed by atoms with E-state index in [0.29, 0.717) is 0 Å². The van der Waals surface area contributed by atoms with Crippen molar-refractivity contribution < 1.29 is 4.74 Å². The van der Waals surface area contributed by atoms with Crippen molar-refractivity contribution in [1.82, 2.24) is 5.32 Å². The van der Waals surface area contributed by atoms with E-state index in [0.717, 1.165) is 28.1 Å². The van der Waals surface area contributed by atoms with Crippen molar-refractivity contribution in [2.45, 2.75) is 39.8 Å². The number of halogens is 1. The summed E-state index contributed by atoms with van der Waals surface area (Å²) in [6.07, 6.45) is 0. The Morgan fingerprint density at radius 3 is 2.52 bits per heavy atom. The molecule has 2 nitrogen and oxygen atoms in total. The van der Waals surface area contributed by atoms with E-state index >= 15 is 0 Å². The minimum absolute atomic E-state index is 0.0723. The number of hydrogen-bond donors (Lipinski definition) is 1. The van der Waals surface area contributed by atoms with Crippen LogP contribution in [-0.2, 0) is 6.54 Å². The molecule has 0 radical (unpaired) electrons. The second-order valence-electron chi connectivity index (χ2n) is 6.27. The van der Waals surface area contributed by atoms with Crippen molar-refractivity contribution in [2.75, 3.05) is 0 Å². The Balaban J connectivity index is 2.22. The van der Waals surface area contributed by atoms with Crippen LogP contribution in [0.25, 0.3) is 0 Å². The quantitative estimate of drug-likeness (QED) is 0.795. The van der Waals surface area contributed by atoms with Crippen molar-refractivity contribution in [3.05, 3.63) is 58.1 Å². The van der Waals surface area contributed by atoms with Gasteiger partial charge >= 0.3 is 0 Å². The topological polar surface area (TPSA) is 21.3 Å². The van der Waals surface area contributed by atoms with Gasteiger partial charge in [-0.1, -0.05) is 28.1 Å². The molecule has 2 rings (SSSR count). The summed E-state index contributed by atoms with van der Waals surface area (Å²) in [6, 6.07) is 14.2. The fourth-order valence-corrected chi connectivity index (χ4v) is 2.36. The van der Waals surface area contributed by atoms with Gasteiger partial charge in [0, 0.05) is 22.1 Å². The monoisotopic (exact) mass is 347 g/mol. The first-order valence-corrected chi connectivity index (χ1v) is 7.91. The molecule has 0 unspecified atom stereocenters. The van der Waals surface area contributed by atoms with Gasteiger partial charge < -0.3 is 10.1 Å². The van der Waals surface area contributed by atoms with Gasteiger partial charge in [-0.25, -0.2) is 0 Å². The maximum absolute atomic E-state index is 6.05. The number of hydrogen-bond acceptors (Lipinski definition) is 2. The molecule has 0 heterocycles. The van der Waals surface area contributed by atoms with Crippen molar-refractivity contribution in [3.8, 4) is 11.5 Å². The average molecular weight is 348 g/mol. The molecule has 0 aliphatic rings. The molecule has 1 N–H and O–H groups in total. The fraction of sp³-hybridized carbons (Fsp3) is 0.333. The largest absolute Gasteiger partial charge is 0.457 e. The van der Waals surface area contributed by atoms with E-state index in [-0.39, 0.29) is 5.54 Å². The van der Waals surface area contributed by atoms with Gasteiger partial charge in [0.1, 0.15) is 11.5 Å². The molecule has 0 aliphatic heterocycles. The minimum Gasteiger partial charge on any atom is -0.457 e. The molecule has 0 bridgehead atoms. The van der Waals surface area contributed by atoms with Crippen LogP contribution in [0, 0.1) is 6.92 Å². The summed E-state index contributed by atoms with van der Waals surface area (Å²) in [6.45, 7) is 9.31. The zero-order valence-corrected chi connectivity index (χ0v) is 14.6. The van der Waals surface area contributed by atoms with E-state index in [1.165, 1.54) is 5.56 Å². The van der Waals surface area contributed by atoms with Crippen LogP contribution in [0.1, 0.15) is 31.9 Å². The first-order chi connectivity index (χ1) is 9.83. The molecule has 112 valence electrons. The van der Waals surface area contributed by atoms with Crippen molar-refractivity contribution in [3.63, 3.8) is 0 Å². The lowest BCUT2D eigenvalue weighted by Crippen LogP contribution is -2.35. The summed E-state index contributed by atoms with van der Waals surface area (Å²) >= 11 is 3.53. The molecule has 0 fully saturated rings. The Morgan fingerprint density at radius 2 is 1.86 bits per heavy atom. The van der Waals surface area contributed by atoms with Crippen LogP contribution >= 0.6 is 15.9 Å². The summed E-state index contributed by atoms with van der Waals surface area (Å²) in [7, 11) is 0. The standard InChI is InChI=1S/C18H22BrNO/c1-13-6-5-7-16(10-13)21-17-9-8-15(19)11-14(17)12-20-18(2,3)4/h5-11,20H,12H2,1-4H3. The Morgan fingerprint density at radius 1 is 1.10 bits per heavy atom. The van der Waals surface area contributed by atoms with Crippen LogP contribution in [0.15, 0.2) is 46.9 Å². The van der Waals surface area contributed by atoms with Crippen LogP contribution in [0.3, 0.4) is 0 Å². The van der Waals surface area contributed by atoms with Crippen LogP contribution < -0.4 is 10.1 Å². The lowest BCUT2D eigenvalue weighted by molar-refractivity contribution is 0.414. The van der Waals surface area contributed by atoms with E-state index in [2.05, 4.69) is 61.1 Å². The smallest absolute Gasteiger partial charge is 0.131 e. The van der Waals surface area contributed by atoms with Gasteiger partial charge in [-0.05, 0) is 63.6 Å². The number of rotatable bonds is 4. The molecular weight excluding hydrogens is 326 g/mol. The van der Waals surface area contributed by atoms with Gasteiger partial charge in [-0.15, -0.1) is 0 Å². The molecule has 0 aliphatic carbocycles. The third-order valence-corrected chi connectivity index (χ3v) is 3.54. The summed E-state index contributed by atoms with van der Waals surface area (Å²) in [5.74, 6) is 1.76. The van der Waals surface area contributed by atoms with Crippen molar-refractivity contribution in [2.24, 2.45) is 0 Å². The Labute approximate surface area is 135 Å². The Bertz CT molecular complexity index is 617. The summed E-state index contributed by atoms with van der Waals surface area (Å²) < 4.78 is 7.11. The fourth-order valence-electron chi connectivity index (χ4n) is 1.95. The normalized spacial score (nSPS) is 11.5. The van der Waals surface area contributed by atoms with Gasteiger partial charge in [0.15, 0.2) is 0 Å². The molecule has 2 aromatic rings. The number of benzene rings is 2. The van der Waals surface area contributed by atoms with Crippen LogP contribution in [0.5, 0.6) is 11.5 Å². The highest BCUT2D eigenvalue weighted by Gasteiger charge is 2.12. The third-order valence-electron chi connectivity index (χ3n) is 3.05. The Kier molecular flexibility index (Phi) is 5.07. The van der Waals surface area contributed by atoms with Crippen LogP contribution in [0.2, 0.25) is 0 Å². The van der Waals surface area contributed by atoms with Crippen molar-refractivity contribution >= 4 is 15.9 Å². The second kappa shape index (κ2) is 6.63. The molecule has 0 amide bonds. The van der Waals surface area contributed by atoms with Crippen LogP contribution in [0.4, 0.5) is 0 Å². The third kappa shape index (κ3) is 5.18. The molecule has 3 heteroatoms. The zero-order valence-electron chi connectivity index (χ0n) is 13.0.